The summed E-state index contributed by atoms with van der Waals surface area (Å²) in [6, 6.07) is 12.0. The lowest BCUT2D eigenvalue weighted by atomic mass is 10.1. The number of methoxy groups -OCH3 is 1. The Morgan fingerprint density at radius 2 is 2.04 bits per heavy atom. The number of nitro benzene ring substituents is 1. The highest BCUT2D eigenvalue weighted by Gasteiger charge is 2.18. The minimum atomic E-state index is -0.535. The van der Waals surface area contributed by atoms with Crippen molar-refractivity contribution in [3.05, 3.63) is 69.3 Å². The predicted molar refractivity (Wildman–Crippen MR) is 102 cm³/mol. The lowest BCUT2D eigenvalue weighted by molar-refractivity contribution is -0.385. The molecule has 0 radical (unpaired) electrons. The molecule has 1 aromatic heterocycles. The summed E-state index contributed by atoms with van der Waals surface area (Å²) in [6.45, 7) is 2.06. The number of ether oxygens (including phenoxy) is 1. The fourth-order valence-corrected chi connectivity index (χ4v) is 3.35. The Morgan fingerprint density at radius 3 is 2.74 bits per heavy atom. The SMILES string of the molecule is COCc1ccc(C(=O)Nc2nnc(-c3ccccc3C)s2)cc1[N+](=O)[O-]. The van der Waals surface area contributed by atoms with Gasteiger partial charge in [0.25, 0.3) is 11.6 Å². The van der Waals surface area contributed by atoms with Gasteiger partial charge < -0.3 is 4.74 Å². The van der Waals surface area contributed by atoms with E-state index in [1.165, 1.54) is 36.6 Å². The highest BCUT2D eigenvalue weighted by Crippen LogP contribution is 2.29. The molecule has 0 saturated heterocycles. The van der Waals surface area contributed by atoms with E-state index >= 15 is 0 Å². The molecule has 0 aliphatic carbocycles. The third-order valence-electron chi connectivity index (χ3n) is 3.86. The van der Waals surface area contributed by atoms with Gasteiger partial charge in [-0.25, -0.2) is 0 Å². The quantitative estimate of drug-likeness (QED) is 0.511. The molecule has 1 heterocycles. The van der Waals surface area contributed by atoms with Gasteiger partial charge in [-0.2, -0.15) is 0 Å². The predicted octanol–water partition coefficient (Wildman–Crippen LogP) is 3.82. The molecule has 0 aliphatic rings. The molecule has 9 heteroatoms. The van der Waals surface area contributed by atoms with Crippen molar-refractivity contribution in [2.24, 2.45) is 0 Å². The van der Waals surface area contributed by atoms with E-state index < -0.39 is 10.8 Å². The minimum Gasteiger partial charge on any atom is -0.380 e. The molecular formula is C18H16N4O4S. The number of amides is 1. The van der Waals surface area contributed by atoms with Crippen molar-refractivity contribution in [3.8, 4) is 10.6 Å². The molecule has 3 aromatic rings. The van der Waals surface area contributed by atoms with Crippen LogP contribution in [0.1, 0.15) is 21.5 Å². The average Bonchev–Trinajstić information content (AvgIpc) is 3.10. The summed E-state index contributed by atoms with van der Waals surface area (Å²) in [5.41, 5.74) is 2.39. The van der Waals surface area contributed by atoms with E-state index in [9.17, 15) is 14.9 Å². The van der Waals surface area contributed by atoms with Gasteiger partial charge in [0.15, 0.2) is 0 Å². The van der Waals surface area contributed by atoms with Gasteiger partial charge >= 0.3 is 0 Å². The van der Waals surface area contributed by atoms with Crippen LogP contribution in [-0.2, 0) is 11.3 Å². The van der Waals surface area contributed by atoms with Crippen LogP contribution in [0.4, 0.5) is 10.8 Å². The fraction of sp³-hybridized carbons (Fsp3) is 0.167. The number of benzene rings is 2. The summed E-state index contributed by atoms with van der Waals surface area (Å²) in [5, 5.41) is 23.0. The number of carbonyl (C=O) groups is 1. The van der Waals surface area contributed by atoms with E-state index in [0.717, 1.165) is 11.1 Å². The van der Waals surface area contributed by atoms with Crippen LogP contribution in [0.3, 0.4) is 0 Å². The number of anilines is 1. The molecule has 0 fully saturated rings. The molecule has 0 atom stereocenters. The maximum Gasteiger partial charge on any atom is 0.275 e. The number of aromatic nitrogens is 2. The smallest absolute Gasteiger partial charge is 0.275 e. The van der Waals surface area contributed by atoms with Gasteiger partial charge in [-0.1, -0.05) is 35.6 Å². The lowest BCUT2D eigenvalue weighted by Crippen LogP contribution is -2.12. The van der Waals surface area contributed by atoms with Crippen molar-refractivity contribution in [2.45, 2.75) is 13.5 Å². The Balaban J connectivity index is 1.81. The Bertz CT molecular complexity index is 1000. The zero-order valence-corrected chi connectivity index (χ0v) is 15.4. The Kier molecular flexibility index (Phi) is 5.53. The van der Waals surface area contributed by atoms with Gasteiger partial charge in [0.1, 0.15) is 5.01 Å². The van der Waals surface area contributed by atoms with Gasteiger partial charge in [-0.15, -0.1) is 10.2 Å². The van der Waals surface area contributed by atoms with Crippen LogP contribution in [0.2, 0.25) is 0 Å². The molecule has 1 amide bonds. The summed E-state index contributed by atoms with van der Waals surface area (Å²) in [4.78, 5) is 23.1. The van der Waals surface area contributed by atoms with Gasteiger partial charge in [0.2, 0.25) is 5.13 Å². The first-order valence-corrected chi connectivity index (χ1v) is 8.78. The zero-order valence-electron chi connectivity index (χ0n) is 14.6. The van der Waals surface area contributed by atoms with E-state index in [-0.39, 0.29) is 17.9 Å². The number of aryl methyl sites for hydroxylation is 1. The van der Waals surface area contributed by atoms with Crippen molar-refractivity contribution < 1.29 is 14.5 Å². The maximum absolute atomic E-state index is 12.4. The van der Waals surface area contributed by atoms with E-state index in [4.69, 9.17) is 4.74 Å². The number of nitrogens with one attached hydrogen (secondary N) is 1. The van der Waals surface area contributed by atoms with Crippen LogP contribution in [-0.4, -0.2) is 28.1 Å². The molecule has 3 rings (SSSR count). The van der Waals surface area contributed by atoms with Gasteiger partial charge in [-0.05, 0) is 24.6 Å². The van der Waals surface area contributed by atoms with Crippen LogP contribution < -0.4 is 5.32 Å². The number of hydrogen-bond donors (Lipinski definition) is 1. The molecule has 0 spiro atoms. The van der Waals surface area contributed by atoms with Crippen LogP contribution in [0, 0.1) is 17.0 Å². The molecule has 27 heavy (non-hydrogen) atoms. The minimum absolute atomic E-state index is 0.0917. The first kappa shape index (κ1) is 18.6. The summed E-state index contributed by atoms with van der Waals surface area (Å²) < 4.78 is 4.95. The number of rotatable bonds is 6. The van der Waals surface area contributed by atoms with Crippen LogP contribution in [0.25, 0.3) is 10.6 Å². The Hall–Kier alpha value is -3.17. The summed E-state index contributed by atoms with van der Waals surface area (Å²) in [7, 11) is 1.45. The van der Waals surface area contributed by atoms with Gasteiger partial charge in [0.05, 0.1) is 17.1 Å². The summed E-state index contributed by atoms with van der Waals surface area (Å²) in [6.07, 6.45) is 0. The highest BCUT2D eigenvalue weighted by atomic mass is 32.1. The largest absolute Gasteiger partial charge is 0.380 e. The van der Waals surface area contributed by atoms with Crippen molar-refractivity contribution in [2.75, 3.05) is 12.4 Å². The lowest BCUT2D eigenvalue weighted by Gasteiger charge is -2.05. The number of carbonyl (C=O) groups excluding carboxylic acids is 1. The van der Waals surface area contributed by atoms with Crippen molar-refractivity contribution in [3.63, 3.8) is 0 Å². The van der Waals surface area contributed by atoms with E-state index in [1.807, 2.05) is 31.2 Å². The fourth-order valence-electron chi connectivity index (χ4n) is 2.52. The van der Waals surface area contributed by atoms with Gasteiger partial charge in [-0.3, -0.25) is 20.2 Å². The van der Waals surface area contributed by atoms with Crippen molar-refractivity contribution >= 4 is 28.1 Å². The number of hydrogen-bond acceptors (Lipinski definition) is 7. The summed E-state index contributed by atoms with van der Waals surface area (Å²) >= 11 is 1.24. The first-order valence-electron chi connectivity index (χ1n) is 7.96. The second-order valence-electron chi connectivity index (χ2n) is 5.72. The van der Waals surface area contributed by atoms with E-state index in [0.29, 0.717) is 15.7 Å². The highest BCUT2D eigenvalue weighted by molar-refractivity contribution is 7.18. The van der Waals surface area contributed by atoms with Crippen molar-refractivity contribution in [1.29, 1.82) is 0 Å². The second kappa shape index (κ2) is 8.02. The van der Waals surface area contributed by atoms with Crippen LogP contribution in [0.5, 0.6) is 0 Å². The van der Waals surface area contributed by atoms with E-state index in [2.05, 4.69) is 15.5 Å². The molecule has 2 aromatic carbocycles. The summed E-state index contributed by atoms with van der Waals surface area (Å²) in [5.74, 6) is -0.491. The molecule has 0 saturated carbocycles. The van der Waals surface area contributed by atoms with Crippen LogP contribution >= 0.6 is 11.3 Å². The third kappa shape index (κ3) is 4.15. The average molecular weight is 384 g/mol. The Morgan fingerprint density at radius 1 is 1.26 bits per heavy atom. The first-order chi connectivity index (χ1) is 13.0. The Labute approximate surface area is 159 Å². The molecule has 138 valence electrons. The van der Waals surface area contributed by atoms with Gasteiger partial charge in [0, 0.05) is 24.3 Å². The van der Waals surface area contributed by atoms with Crippen molar-refractivity contribution in [1.82, 2.24) is 10.2 Å². The topological polar surface area (TPSA) is 107 Å². The van der Waals surface area contributed by atoms with Crippen LogP contribution in [0.15, 0.2) is 42.5 Å². The molecule has 0 bridgehead atoms. The number of nitro groups is 1. The maximum atomic E-state index is 12.4. The monoisotopic (exact) mass is 384 g/mol. The molecule has 0 unspecified atom stereocenters. The number of nitrogens with zero attached hydrogens (tertiary/aromatic N) is 3. The third-order valence-corrected chi connectivity index (χ3v) is 4.74. The normalized spacial score (nSPS) is 10.6. The van der Waals surface area contributed by atoms with E-state index in [1.54, 1.807) is 0 Å². The molecule has 8 nitrogen and oxygen atoms in total. The zero-order chi connectivity index (χ0) is 19.4. The second-order valence-corrected chi connectivity index (χ2v) is 6.69. The molecule has 1 N–H and O–H groups in total. The standard InChI is InChI=1S/C18H16N4O4S/c1-11-5-3-4-6-14(11)17-20-21-18(27-17)19-16(23)12-7-8-13(10-26-2)15(9-12)22(24)25/h3-9H,10H2,1-2H3,(H,19,21,23). The molecular weight excluding hydrogens is 368 g/mol. The molecule has 0 aliphatic heterocycles.